The number of nitrogens with one attached hydrogen (secondary N) is 1. The van der Waals surface area contributed by atoms with Crippen molar-refractivity contribution in [3.8, 4) is 28.4 Å². The molecule has 184 valence electrons. The van der Waals surface area contributed by atoms with E-state index in [1.54, 1.807) is 0 Å². The number of ether oxygens (including phenoxy) is 2. The quantitative estimate of drug-likeness (QED) is 0.183. The summed E-state index contributed by atoms with van der Waals surface area (Å²) in [6.45, 7) is 0.126. The molecule has 2 aliphatic heterocycles. The minimum Gasteiger partial charge on any atom is -0.457 e. The molecule has 7 nitrogen and oxygen atoms in total. The van der Waals surface area contributed by atoms with Crippen LogP contribution in [0.1, 0.15) is 11.1 Å². The lowest BCUT2D eigenvalue weighted by Crippen LogP contribution is -2.55. The van der Waals surface area contributed by atoms with Gasteiger partial charge in [-0.1, -0.05) is 6.07 Å². The molecule has 5 rings (SSSR count). The molecule has 1 spiro atoms. The Bertz CT molecular complexity index is 1420. The maximum atomic E-state index is 15.6. The van der Waals surface area contributed by atoms with Crippen LogP contribution in [-0.4, -0.2) is 38.4 Å². The van der Waals surface area contributed by atoms with Gasteiger partial charge in [-0.3, -0.25) is 5.32 Å². The Morgan fingerprint density at radius 2 is 1.80 bits per heavy atom. The number of hydrogen-bond acceptors (Lipinski definition) is 7. The molecule has 0 radical (unpaired) electrons. The van der Waals surface area contributed by atoms with Gasteiger partial charge in [0.05, 0.1) is 6.61 Å². The van der Waals surface area contributed by atoms with Crippen molar-refractivity contribution in [3.63, 3.8) is 0 Å². The summed E-state index contributed by atoms with van der Waals surface area (Å²) in [5, 5.41) is 2.61. The summed E-state index contributed by atoms with van der Waals surface area (Å²) < 4.78 is 107. The van der Waals surface area contributed by atoms with E-state index in [1.165, 1.54) is 36.5 Å². The number of alkyl halides is 4. The molecule has 35 heavy (non-hydrogen) atoms. The molecule has 2 atom stereocenters. The van der Waals surface area contributed by atoms with Crippen molar-refractivity contribution in [2.45, 2.75) is 17.4 Å². The van der Waals surface area contributed by atoms with Crippen molar-refractivity contribution < 1.29 is 44.0 Å². The van der Waals surface area contributed by atoms with E-state index in [9.17, 15) is 26.0 Å². The number of nitrogens with zero attached hydrogens (tertiary/aromatic N) is 1. The molecule has 1 fully saturated rings. The Labute approximate surface area is 195 Å². The molecule has 2 aromatic carbocycles. The Balaban J connectivity index is 1.68. The van der Waals surface area contributed by atoms with E-state index in [2.05, 4.69) is 14.5 Å². The largest absolute Gasteiger partial charge is 0.534 e. The van der Waals surface area contributed by atoms with E-state index in [0.717, 1.165) is 18.2 Å². The molecule has 13 heteroatoms. The highest BCUT2D eigenvalue weighted by Gasteiger charge is 2.53. The maximum absolute atomic E-state index is 15.6. The van der Waals surface area contributed by atoms with Crippen molar-refractivity contribution in [2.75, 3.05) is 13.2 Å². The van der Waals surface area contributed by atoms with Crippen LogP contribution in [0.25, 0.3) is 11.1 Å². The van der Waals surface area contributed by atoms with Crippen LogP contribution in [0.3, 0.4) is 0 Å². The third kappa shape index (κ3) is 3.79. The highest BCUT2D eigenvalue weighted by molar-refractivity contribution is 7.88. The number of pyridine rings is 1. The zero-order valence-electron chi connectivity index (χ0n) is 17.5. The van der Waals surface area contributed by atoms with Crippen LogP contribution in [0.2, 0.25) is 0 Å². The van der Waals surface area contributed by atoms with Crippen molar-refractivity contribution in [1.29, 1.82) is 0 Å². The summed E-state index contributed by atoms with van der Waals surface area (Å²) in [6.07, 6.45) is -0.665. The van der Waals surface area contributed by atoms with Gasteiger partial charge in [0.1, 0.15) is 17.2 Å². The summed E-state index contributed by atoms with van der Waals surface area (Å²) in [4.78, 5) is 3.61. The van der Waals surface area contributed by atoms with Crippen molar-refractivity contribution in [2.24, 2.45) is 0 Å². The Hall–Kier alpha value is -3.29. The second kappa shape index (κ2) is 8.14. The lowest BCUT2D eigenvalue weighted by Gasteiger charge is -2.44. The predicted octanol–water partition coefficient (Wildman–Crippen LogP) is 4.38. The fraction of sp³-hybridized carbons (Fsp3) is 0.227. The van der Waals surface area contributed by atoms with Crippen LogP contribution < -0.4 is 14.2 Å². The van der Waals surface area contributed by atoms with Gasteiger partial charge in [0.25, 0.3) is 0 Å². The minimum absolute atomic E-state index is 0.00326. The van der Waals surface area contributed by atoms with Crippen LogP contribution in [0.15, 0.2) is 54.7 Å². The van der Waals surface area contributed by atoms with Crippen LogP contribution in [0, 0.1) is 5.95 Å². The molecular weight excluding hydrogens is 499 g/mol. The summed E-state index contributed by atoms with van der Waals surface area (Å²) in [5.74, 6) is -1.32. The monoisotopic (exact) mass is 514 g/mol. The van der Waals surface area contributed by atoms with Crippen LogP contribution in [-0.2, 0) is 20.5 Å². The van der Waals surface area contributed by atoms with E-state index < -0.39 is 39.2 Å². The van der Waals surface area contributed by atoms with E-state index in [-0.39, 0.29) is 41.3 Å². The molecule has 1 saturated heterocycles. The number of rotatable bonds is 3. The number of benzene rings is 2. The molecule has 2 unspecified atom stereocenters. The third-order valence-corrected chi connectivity index (χ3v) is 6.60. The SMILES string of the molecule is O=S(=O)(Oc1ccc2c(c1)C1(OCCNC1F)c1cc(-c3cccnc3F)ccc1O2)C(F)(F)F. The van der Waals surface area contributed by atoms with Gasteiger partial charge < -0.3 is 13.7 Å². The van der Waals surface area contributed by atoms with Crippen molar-refractivity contribution >= 4 is 10.1 Å². The molecule has 0 amide bonds. The number of halogens is 5. The number of morpholine rings is 1. The molecule has 0 saturated carbocycles. The van der Waals surface area contributed by atoms with Crippen LogP contribution in [0.5, 0.6) is 17.2 Å². The van der Waals surface area contributed by atoms with Gasteiger partial charge in [-0.2, -0.15) is 26.0 Å². The molecule has 3 aromatic rings. The Kier molecular flexibility index (Phi) is 5.45. The zero-order valence-corrected chi connectivity index (χ0v) is 18.3. The minimum atomic E-state index is -5.98. The zero-order chi connectivity index (χ0) is 25.0. The first-order valence-electron chi connectivity index (χ1n) is 10.1. The van der Waals surface area contributed by atoms with Gasteiger partial charge in [-0.25, -0.2) is 9.37 Å². The van der Waals surface area contributed by atoms with Crippen LogP contribution >= 0.6 is 0 Å². The fourth-order valence-electron chi connectivity index (χ4n) is 4.10. The van der Waals surface area contributed by atoms with E-state index in [0.29, 0.717) is 5.56 Å². The van der Waals surface area contributed by atoms with Gasteiger partial charge >= 0.3 is 15.6 Å². The molecule has 2 aliphatic rings. The fourth-order valence-corrected chi connectivity index (χ4v) is 4.55. The molecule has 0 bridgehead atoms. The van der Waals surface area contributed by atoms with E-state index >= 15 is 4.39 Å². The topological polar surface area (TPSA) is 86.8 Å². The van der Waals surface area contributed by atoms with Gasteiger partial charge in [0.15, 0.2) is 11.9 Å². The maximum Gasteiger partial charge on any atom is 0.534 e. The lowest BCUT2D eigenvalue weighted by molar-refractivity contribution is -0.116. The number of fused-ring (bicyclic) bond motifs is 4. The lowest BCUT2D eigenvalue weighted by atomic mass is 9.80. The third-order valence-electron chi connectivity index (χ3n) is 5.62. The normalized spacial score (nSPS) is 21.7. The summed E-state index contributed by atoms with van der Waals surface area (Å²) in [6, 6.07) is 10.4. The van der Waals surface area contributed by atoms with Crippen molar-refractivity contribution in [3.05, 3.63) is 71.8 Å². The van der Waals surface area contributed by atoms with Crippen molar-refractivity contribution in [1.82, 2.24) is 10.3 Å². The van der Waals surface area contributed by atoms with Gasteiger partial charge in [0.2, 0.25) is 5.95 Å². The average molecular weight is 514 g/mol. The molecular formula is C22H15F5N2O5S. The first kappa shape index (κ1) is 23.5. The van der Waals surface area contributed by atoms with E-state index in [1.807, 2.05) is 0 Å². The number of aromatic nitrogens is 1. The predicted molar refractivity (Wildman–Crippen MR) is 111 cm³/mol. The second-order valence-corrected chi connectivity index (χ2v) is 9.23. The first-order valence-corrected chi connectivity index (χ1v) is 11.5. The average Bonchev–Trinajstić information content (AvgIpc) is 2.80. The summed E-state index contributed by atoms with van der Waals surface area (Å²) in [5.41, 5.74) is -7.20. The van der Waals surface area contributed by atoms with Gasteiger partial charge in [0, 0.05) is 29.4 Å². The molecule has 0 aliphatic carbocycles. The van der Waals surface area contributed by atoms with Gasteiger partial charge in [-0.15, -0.1) is 0 Å². The highest BCUT2D eigenvalue weighted by atomic mass is 32.2. The molecule has 1 N–H and O–H groups in total. The Morgan fingerprint density at radius 1 is 1.09 bits per heavy atom. The molecule has 1 aromatic heterocycles. The number of hydrogen-bond donors (Lipinski definition) is 1. The smallest absolute Gasteiger partial charge is 0.457 e. The van der Waals surface area contributed by atoms with Gasteiger partial charge in [-0.05, 0) is 48.0 Å². The standard InChI is InChI=1S/C22H15F5N2O5S/c23-19-14(2-1-7-28-19)12-3-5-17-15(10-12)21(20(24)29-8-9-32-21)16-11-13(4-6-18(16)33-17)34-35(30,31)22(25,26)27/h1-7,10-11,20,29H,8-9H2. The summed E-state index contributed by atoms with van der Waals surface area (Å²) in [7, 11) is -5.98. The first-order chi connectivity index (χ1) is 16.5. The van der Waals surface area contributed by atoms with E-state index in [4.69, 9.17) is 9.47 Å². The highest BCUT2D eigenvalue weighted by Crippen LogP contribution is 2.53. The summed E-state index contributed by atoms with van der Waals surface area (Å²) >= 11 is 0. The van der Waals surface area contributed by atoms with Crippen LogP contribution in [0.4, 0.5) is 22.0 Å². The Morgan fingerprint density at radius 3 is 2.49 bits per heavy atom. The second-order valence-electron chi connectivity index (χ2n) is 7.70. The molecule has 3 heterocycles.